The van der Waals surface area contributed by atoms with E-state index >= 15 is 0 Å². The lowest BCUT2D eigenvalue weighted by atomic mass is 10.1. The van der Waals surface area contributed by atoms with Gasteiger partial charge in [-0.2, -0.15) is 0 Å². The first-order chi connectivity index (χ1) is 18.4. The first-order valence-electron chi connectivity index (χ1n) is 12.3. The van der Waals surface area contributed by atoms with Gasteiger partial charge in [0.1, 0.15) is 19.0 Å². The summed E-state index contributed by atoms with van der Waals surface area (Å²) in [7, 11) is 5.06. The number of nitrogens with zero attached hydrogens (tertiary/aromatic N) is 4. The van der Waals surface area contributed by atoms with Gasteiger partial charge in [-0.25, -0.2) is 18.7 Å². The second kappa shape index (κ2) is 12.7. The topological polar surface area (TPSA) is 81.2 Å². The number of anilines is 2. The summed E-state index contributed by atoms with van der Waals surface area (Å²) in [5.41, 5.74) is 0.757. The van der Waals surface area contributed by atoms with Gasteiger partial charge in [0.2, 0.25) is 5.95 Å². The van der Waals surface area contributed by atoms with Crippen molar-refractivity contribution in [1.82, 2.24) is 19.8 Å². The van der Waals surface area contributed by atoms with Crippen molar-refractivity contribution in [3.05, 3.63) is 59.4 Å². The highest BCUT2D eigenvalue weighted by Gasteiger charge is 2.18. The third-order valence-electron chi connectivity index (χ3n) is 6.35. The Morgan fingerprint density at radius 3 is 2.29 bits per heavy atom. The van der Waals surface area contributed by atoms with Crippen molar-refractivity contribution in [2.75, 3.05) is 65.9 Å². The van der Waals surface area contributed by atoms with E-state index in [1.165, 1.54) is 32.5 Å². The molecule has 1 fully saturated rings. The summed E-state index contributed by atoms with van der Waals surface area (Å²) >= 11 is 0. The minimum atomic E-state index is -0.795. The van der Waals surface area contributed by atoms with Crippen molar-refractivity contribution >= 4 is 11.6 Å². The molecule has 1 aromatic heterocycles. The quantitative estimate of drug-likeness (QED) is 0.396. The lowest BCUT2D eigenvalue weighted by molar-refractivity contribution is 0.133. The van der Waals surface area contributed by atoms with Gasteiger partial charge in [0.05, 0.1) is 32.2 Å². The highest BCUT2D eigenvalue weighted by Crippen LogP contribution is 2.31. The third kappa shape index (κ3) is 6.78. The Morgan fingerprint density at radius 1 is 0.895 bits per heavy atom. The van der Waals surface area contributed by atoms with Gasteiger partial charge < -0.3 is 29.2 Å². The third-order valence-corrected chi connectivity index (χ3v) is 6.35. The number of rotatable bonds is 11. The molecule has 2 aromatic carbocycles. The van der Waals surface area contributed by atoms with Crippen molar-refractivity contribution < 1.29 is 27.7 Å². The fourth-order valence-electron chi connectivity index (χ4n) is 4.05. The Bertz CT molecular complexity index is 1220. The molecule has 1 aliphatic rings. The standard InChI is InChI=1S/C27H33F2N5O4/c1-18-13-24(36-4)26(29)21(25(18)28)17-38-20-15-30-27(31-16-20)32-19-5-6-22(35-3)23(14-19)37-12-11-34-9-7-33(2)8-10-34/h5-6,13-16H,7-12,17H2,1-4H3,(H,30,31,32). The first-order valence-corrected chi connectivity index (χ1v) is 12.3. The van der Waals surface area contributed by atoms with Crippen LogP contribution in [0.3, 0.4) is 0 Å². The molecule has 0 unspecified atom stereocenters. The lowest BCUT2D eigenvalue weighted by Gasteiger charge is -2.32. The second-order valence-electron chi connectivity index (χ2n) is 9.02. The molecule has 1 N–H and O–H groups in total. The normalized spacial score (nSPS) is 14.3. The zero-order chi connectivity index (χ0) is 27.1. The maximum atomic E-state index is 14.5. The van der Waals surface area contributed by atoms with Crippen LogP contribution in [0.4, 0.5) is 20.4 Å². The van der Waals surface area contributed by atoms with Crippen LogP contribution >= 0.6 is 0 Å². The second-order valence-corrected chi connectivity index (χ2v) is 9.02. The number of hydrogen-bond donors (Lipinski definition) is 1. The smallest absolute Gasteiger partial charge is 0.227 e. The number of aryl methyl sites for hydroxylation is 1. The Hall–Kier alpha value is -3.70. The number of piperazine rings is 1. The zero-order valence-corrected chi connectivity index (χ0v) is 22.1. The van der Waals surface area contributed by atoms with E-state index < -0.39 is 11.6 Å². The van der Waals surface area contributed by atoms with Gasteiger partial charge in [0.25, 0.3) is 0 Å². The van der Waals surface area contributed by atoms with Crippen molar-refractivity contribution in [2.45, 2.75) is 13.5 Å². The van der Waals surface area contributed by atoms with Gasteiger partial charge in [0.15, 0.2) is 28.8 Å². The number of hydrogen-bond acceptors (Lipinski definition) is 9. The molecular formula is C27H33F2N5O4. The molecule has 204 valence electrons. The van der Waals surface area contributed by atoms with Crippen molar-refractivity contribution in [2.24, 2.45) is 0 Å². The summed E-state index contributed by atoms with van der Waals surface area (Å²) in [6, 6.07) is 6.77. The molecule has 1 aliphatic heterocycles. The Labute approximate surface area is 221 Å². The summed E-state index contributed by atoms with van der Waals surface area (Å²) < 4.78 is 50.9. The number of nitrogens with one attached hydrogen (secondary N) is 1. The molecule has 9 nitrogen and oxygen atoms in total. The van der Waals surface area contributed by atoms with Crippen LogP contribution in [-0.2, 0) is 6.61 Å². The predicted molar refractivity (Wildman–Crippen MR) is 140 cm³/mol. The molecule has 0 radical (unpaired) electrons. The number of ether oxygens (including phenoxy) is 4. The number of aromatic nitrogens is 2. The van der Waals surface area contributed by atoms with E-state index in [-0.39, 0.29) is 29.2 Å². The van der Waals surface area contributed by atoms with E-state index in [1.807, 2.05) is 18.2 Å². The SMILES string of the molecule is COc1ccc(Nc2ncc(OCc3c(F)c(C)cc(OC)c3F)cn2)cc1OCCN1CCN(C)CC1. The predicted octanol–water partition coefficient (Wildman–Crippen LogP) is 4.03. The van der Waals surface area contributed by atoms with Crippen molar-refractivity contribution in [3.63, 3.8) is 0 Å². The molecular weight excluding hydrogens is 496 g/mol. The van der Waals surface area contributed by atoms with E-state index in [9.17, 15) is 8.78 Å². The van der Waals surface area contributed by atoms with Crippen LogP contribution in [0.5, 0.6) is 23.0 Å². The van der Waals surface area contributed by atoms with Crippen LogP contribution in [0.1, 0.15) is 11.1 Å². The van der Waals surface area contributed by atoms with E-state index in [2.05, 4.69) is 32.1 Å². The fraction of sp³-hybridized carbons (Fsp3) is 0.407. The molecule has 1 saturated heterocycles. The summed E-state index contributed by atoms with van der Waals surface area (Å²) in [5.74, 6) is 0.313. The maximum Gasteiger partial charge on any atom is 0.227 e. The highest BCUT2D eigenvalue weighted by atomic mass is 19.1. The van der Waals surface area contributed by atoms with Crippen LogP contribution in [0, 0.1) is 18.6 Å². The molecule has 0 aliphatic carbocycles. The minimum absolute atomic E-state index is 0.0412. The molecule has 0 saturated carbocycles. The highest BCUT2D eigenvalue weighted by molar-refractivity contribution is 5.59. The van der Waals surface area contributed by atoms with E-state index in [0.29, 0.717) is 29.7 Å². The summed E-state index contributed by atoms with van der Waals surface area (Å²) in [6.07, 6.45) is 2.85. The van der Waals surface area contributed by atoms with Gasteiger partial charge in [-0.3, -0.25) is 4.90 Å². The monoisotopic (exact) mass is 529 g/mol. The molecule has 4 rings (SSSR count). The molecule has 3 aromatic rings. The summed E-state index contributed by atoms with van der Waals surface area (Å²) in [5, 5.41) is 3.12. The van der Waals surface area contributed by atoms with Crippen LogP contribution in [-0.4, -0.2) is 80.4 Å². The van der Waals surface area contributed by atoms with E-state index in [0.717, 1.165) is 32.7 Å². The fourth-order valence-corrected chi connectivity index (χ4v) is 4.05. The molecule has 0 spiro atoms. The molecule has 38 heavy (non-hydrogen) atoms. The Morgan fingerprint density at radius 2 is 1.61 bits per heavy atom. The van der Waals surface area contributed by atoms with Crippen LogP contribution < -0.4 is 24.3 Å². The lowest BCUT2D eigenvalue weighted by Crippen LogP contribution is -2.45. The molecule has 0 bridgehead atoms. The Balaban J connectivity index is 1.35. The van der Waals surface area contributed by atoms with Gasteiger partial charge in [-0.05, 0) is 37.7 Å². The van der Waals surface area contributed by atoms with Crippen molar-refractivity contribution in [3.8, 4) is 23.0 Å². The van der Waals surface area contributed by atoms with Crippen molar-refractivity contribution in [1.29, 1.82) is 0 Å². The van der Waals surface area contributed by atoms with Crippen LogP contribution in [0.2, 0.25) is 0 Å². The summed E-state index contributed by atoms with van der Waals surface area (Å²) in [4.78, 5) is 13.2. The van der Waals surface area contributed by atoms with E-state index in [1.54, 1.807) is 7.11 Å². The first kappa shape index (κ1) is 27.3. The molecule has 0 atom stereocenters. The number of methoxy groups -OCH3 is 2. The largest absolute Gasteiger partial charge is 0.494 e. The average Bonchev–Trinajstić information content (AvgIpc) is 2.93. The average molecular weight is 530 g/mol. The maximum absolute atomic E-state index is 14.5. The molecule has 11 heteroatoms. The Kier molecular flexibility index (Phi) is 9.14. The number of likely N-dealkylation sites (N-methyl/N-ethyl adjacent to an activating group) is 1. The molecule has 2 heterocycles. The number of benzene rings is 2. The van der Waals surface area contributed by atoms with Gasteiger partial charge in [-0.1, -0.05) is 0 Å². The number of halogens is 2. The minimum Gasteiger partial charge on any atom is -0.494 e. The van der Waals surface area contributed by atoms with Gasteiger partial charge >= 0.3 is 0 Å². The zero-order valence-electron chi connectivity index (χ0n) is 22.1. The molecule has 0 amide bonds. The van der Waals surface area contributed by atoms with Gasteiger partial charge in [-0.15, -0.1) is 0 Å². The van der Waals surface area contributed by atoms with Gasteiger partial charge in [0, 0.05) is 44.5 Å². The van der Waals surface area contributed by atoms with Crippen LogP contribution in [0.25, 0.3) is 0 Å². The summed E-state index contributed by atoms with van der Waals surface area (Å²) in [6.45, 7) is 6.74. The van der Waals surface area contributed by atoms with Crippen LogP contribution in [0.15, 0.2) is 36.7 Å². The van der Waals surface area contributed by atoms with E-state index in [4.69, 9.17) is 18.9 Å².